The average Bonchev–Trinajstić information content (AvgIpc) is 3.20. The van der Waals surface area contributed by atoms with Crippen LogP contribution in [0.25, 0.3) is 0 Å². The van der Waals surface area contributed by atoms with Gasteiger partial charge >= 0.3 is 0 Å². The van der Waals surface area contributed by atoms with Crippen LogP contribution in [0.4, 0.5) is 5.69 Å². The number of imide groups is 2. The summed E-state index contributed by atoms with van der Waals surface area (Å²) < 4.78 is 16.9. The van der Waals surface area contributed by atoms with Crippen molar-refractivity contribution in [2.45, 2.75) is 63.5 Å². The maximum Gasteiger partial charge on any atom is 0.264 e. The Kier molecular flexibility index (Phi) is 11.2. The van der Waals surface area contributed by atoms with Crippen molar-refractivity contribution < 1.29 is 38.2 Å². The van der Waals surface area contributed by atoms with Gasteiger partial charge in [0.25, 0.3) is 11.8 Å². The zero-order valence-corrected chi connectivity index (χ0v) is 22.7. The van der Waals surface area contributed by atoms with Crippen LogP contribution < -0.4 is 16.0 Å². The lowest BCUT2D eigenvalue weighted by Crippen LogP contribution is -2.54. The van der Waals surface area contributed by atoms with E-state index in [-0.39, 0.29) is 42.0 Å². The summed E-state index contributed by atoms with van der Waals surface area (Å²) in [6, 6.07) is 3.58. The van der Waals surface area contributed by atoms with Crippen molar-refractivity contribution in [3.63, 3.8) is 0 Å². The number of rotatable bonds is 15. The molecule has 0 spiro atoms. The number of benzene rings is 1. The lowest BCUT2D eigenvalue weighted by molar-refractivity contribution is -0.136. The molecule has 0 saturated carbocycles. The van der Waals surface area contributed by atoms with Crippen molar-refractivity contribution in [3.8, 4) is 0 Å². The largest absolute Gasteiger partial charge is 0.379 e. The molecule has 3 heterocycles. The molecule has 0 aliphatic carbocycles. The normalized spacial score (nSPS) is 19.6. The highest BCUT2D eigenvalue weighted by atomic mass is 16.5. The molecule has 2 fully saturated rings. The van der Waals surface area contributed by atoms with Crippen LogP contribution in [0.5, 0.6) is 0 Å². The van der Waals surface area contributed by atoms with Crippen molar-refractivity contribution in [2.24, 2.45) is 0 Å². The number of fused-ring (bicyclic) bond motifs is 1. The second-order valence-electron chi connectivity index (χ2n) is 10.1. The van der Waals surface area contributed by atoms with Crippen LogP contribution in [0.3, 0.4) is 0 Å². The Labute approximate surface area is 233 Å². The molecule has 1 aromatic carbocycles. The summed E-state index contributed by atoms with van der Waals surface area (Å²) in [4.78, 5) is 63.2. The molecule has 12 heteroatoms. The van der Waals surface area contributed by atoms with Crippen molar-refractivity contribution in [1.82, 2.24) is 15.5 Å². The number of ether oxygens (including phenoxy) is 3. The molecule has 0 bridgehead atoms. The van der Waals surface area contributed by atoms with Crippen LogP contribution >= 0.6 is 0 Å². The summed E-state index contributed by atoms with van der Waals surface area (Å²) in [5, 5.41) is 8.22. The van der Waals surface area contributed by atoms with Gasteiger partial charge in [-0.1, -0.05) is 12.5 Å². The van der Waals surface area contributed by atoms with E-state index in [1.165, 1.54) is 6.07 Å². The van der Waals surface area contributed by atoms with Gasteiger partial charge in [0.05, 0.1) is 49.3 Å². The maximum absolute atomic E-state index is 13.1. The lowest BCUT2D eigenvalue weighted by atomic mass is 10.0. The molecule has 40 heavy (non-hydrogen) atoms. The predicted octanol–water partition coefficient (Wildman–Crippen LogP) is 1.39. The second-order valence-corrected chi connectivity index (χ2v) is 10.1. The Morgan fingerprint density at radius 3 is 2.42 bits per heavy atom. The first-order valence-corrected chi connectivity index (χ1v) is 14.1. The highest BCUT2D eigenvalue weighted by molar-refractivity contribution is 6.26. The molecule has 2 saturated heterocycles. The van der Waals surface area contributed by atoms with Gasteiger partial charge in [-0.3, -0.25) is 34.2 Å². The molecular formula is C28H38N4O8. The number of carbonyl (C=O) groups is 5. The van der Waals surface area contributed by atoms with Crippen LogP contribution in [-0.2, 0) is 28.6 Å². The Morgan fingerprint density at radius 1 is 0.900 bits per heavy atom. The molecule has 3 aliphatic heterocycles. The molecule has 12 nitrogen and oxygen atoms in total. The minimum absolute atomic E-state index is 0.0420. The quantitative estimate of drug-likeness (QED) is 0.214. The molecule has 5 amide bonds. The molecule has 218 valence electrons. The summed E-state index contributed by atoms with van der Waals surface area (Å²) in [5.74, 6) is -2.64. The van der Waals surface area contributed by atoms with Gasteiger partial charge in [0.2, 0.25) is 17.7 Å². The van der Waals surface area contributed by atoms with E-state index in [0.717, 1.165) is 43.7 Å². The lowest BCUT2D eigenvalue weighted by Gasteiger charge is -2.27. The van der Waals surface area contributed by atoms with Crippen LogP contribution in [0.1, 0.15) is 72.1 Å². The number of unbranched alkanes of at least 4 members (excludes halogenated alkanes) is 2. The number of hydrogen-bond donors (Lipinski definition) is 3. The maximum atomic E-state index is 13.1. The van der Waals surface area contributed by atoms with Gasteiger partial charge in [0.15, 0.2) is 0 Å². The minimum Gasteiger partial charge on any atom is -0.379 e. The number of piperidine rings is 2. The third-order valence-corrected chi connectivity index (χ3v) is 7.17. The molecule has 4 rings (SSSR count). The summed E-state index contributed by atoms with van der Waals surface area (Å²) in [6.07, 6.45) is 5.04. The van der Waals surface area contributed by atoms with Gasteiger partial charge in [-0.15, -0.1) is 0 Å². The fourth-order valence-corrected chi connectivity index (χ4v) is 5.06. The van der Waals surface area contributed by atoms with E-state index in [0.29, 0.717) is 45.6 Å². The molecule has 3 aliphatic rings. The number of carbonyl (C=O) groups excluding carboxylic acids is 5. The predicted molar refractivity (Wildman–Crippen MR) is 144 cm³/mol. The number of nitrogens with zero attached hydrogens (tertiary/aromatic N) is 1. The zero-order valence-electron chi connectivity index (χ0n) is 22.7. The highest BCUT2D eigenvalue weighted by Crippen LogP contribution is 2.32. The van der Waals surface area contributed by atoms with E-state index in [1.807, 2.05) is 0 Å². The van der Waals surface area contributed by atoms with E-state index in [9.17, 15) is 24.0 Å². The minimum atomic E-state index is -1.05. The van der Waals surface area contributed by atoms with Crippen molar-refractivity contribution >= 4 is 35.2 Å². The van der Waals surface area contributed by atoms with E-state index in [4.69, 9.17) is 14.2 Å². The van der Waals surface area contributed by atoms with E-state index in [1.54, 1.807) is 12.1 Å². The highest BCUT2D eigenvalue weighted by Gasteiger charge is 2.45. The molecule has 3 N–H and O–H groups in total. The Hall–Kier alpha value is -3.19. The fraction of sp³-hybridized carbons (Fsp3) is 0.607. The molecule has 0 aromatic heterocycles. The first-order valence-electron chi connectivity index (χ1n) is 14.1. The number of amides is 5. The summed E-state index contributed by atoms with van der Waals surface area (Å²) in [5.41, 5.74) is 0.432. The first-order chi connectivity index (χ1) is 19.5. The van der Waals surface area contributed by atoms with E-state index >= 15 is 0 Å². The van der Waals surface area contributed by atoms with Crippen LogP contribution in [0.15, 0.2) is 18.2 Å². The van der Waals surface area contributed by atoms with Crippen LogP contribution in [0, 0.1) is 0 Å². The molecule has 1 atom stereocenters. The average molecular weight is 559 g/mol. The second kappa shape index (κ2) is 15.0. The van der Waals surface area contributed by atoms with Gasteiger partial charge in [-0.05, 0) is 57.3 Å². The Balaban J connectivity index is 1.09. The third kappa shape index (κ3) is 7.94. The zero-order chi connectivity index (χ0) is 28.3. The first kappa shape index (κ1) is 29.8. The molecular weight excluding hydrogens is 520 g/mol. The molecule has 0 radical (unpaired) electrons. The summed E-state index contributed by atoms with van der Waals surface area (Å²) in [7, 11) is 0. The number of hydrogen-bond acceptors (Lipinski definition) is 9. The van der Waals surface area contributed by atoms with E-state index < -0.39 is 29.7 Å². The Morgan fingerprint density at radius 2 is 1.65 bits per heavy atom. The van der Waals surface area contributed by atoms with Gasteiger partial charge in [0.1, 0.15) is 6.04 Å². The van der Waals surface area contributed by atoms with Crippen LogP contribution in [0.2, 0.25) is 0 Å². The summed E-state index contributed by atoms with van der Waals surface area (Å²) in [6.45, 7) is 4.78. The van der Waals surface area contributed by atoms with E-state index in [2.05, 4.69) is 16.0 Å². The van der Waals surface area contributed by atoms with Crippen molar-refractivity contribution in [2.75, 3.05) is 51.4 Å². The van der Waals surface area contributed by atoms with Gasteiger partial charge in [-0.25, -0.2) is 0 Å². The Bertz CT molecular complexity index is 1090. The fourth-order valence-electron chi connectivity index (χ4n) is 5.06. The monoisotopic (exact) mass is 558 g/mol. The van der Waals surface area contributed by atoms with Gasteiger partial charge in [0, 0.05) is 19.4 Å². The van der Waals surface area contributed by atoms with Crippen LogP contribution in [-0.4, -0.2) is 92.7 Å². The van der Waals surface area contributed by atoms with Crippen molar-refractivity contribution in [3.05, 3.63) is 29.3 Å². The standard InChI is InChI=1S/C28H38N4O8/c33-23(7-2-1-3-14-38-15-16-39-17-18-40-19-10-12-29-13-11-19)30-21-6-4-5-20-25(21)28(37)32(27(20)36)22-8-9-24(34)31-26(22)35/h4-6,19,22,29H,1-3,7-18H2,(H,30,33)(H,31,34,35). The molecule has 1 aromatic rings. The van der Waals surface area contributed by atoms with Gasteiger partial charge < -0.3 is 24.8 Å². The van der Waals surface area contributed by atoms with Gasteiger partial charge in [-0.2, -0.15) is 0 Å². The number of nitrogens with one attached hydrogen (secondary N) is 3. The molecule has 1 unspecified atom stereocenters. The smallest absolute Gasteiger partial charge is 0.264 e. The topological polar surface area (TPSA) is 152 Å². The SMILES string of the molecule is O=C1CCC(N2C(=O)c3cccc(NC(=O)CCCCCOCCOCCOC4CCNCC4)c3C2=O)C(=O)N1. The van der Waals surface area contributed by atoms with Crippen molar-refractivity contribution in [1.29, 1.82) is 0 Å². The third-order valence-electron chi connectivity index (χ3n) is 7.17. The number of anilines is 1. The summed E-state index contributed by atoms with van der Waals surface area (Å²) >= 11 is 0.